The second kappa shape index (κ2) is 4.32. The number of carbonyl (C=O) groups is 1. The van der Waals surface area contributed by atoms with E-state index in [9.17, 15) is 4.79 Å². The van der Waals surface area contributed by atoms with Crippen LogP contribution < -0.4 is 11.1 Å². The number of likely N-dealkylation sites (N-methyl/N-ethyl adjacent to an activating group) is 1. The highest BCUT2D eigenvalue weighted by atomic mass is 127. The van der Waals surface area contributed by atoms with Crippen molar-refractivity contribution in [1.29, 1.82) is 0 Å². The molecule has 4 heteroatoms. The van der Waals surface area contributed by atoms with E-state index in [-0.39, 0.29) is 11.6 Å². The molecule has 0 aromatic carbocycles. The summed E-state index contributed by atoms with van der Waals surface area (Å²) in [4.78, 5) is 10.8. The molecular formula is C6H9IN2O. The molecule has 0 aromatic rings. The Balaban J connectivity index is 4.45. The molecule has 0 spiro atoms. The van der Waals surface area contributed by atoms with Gasteiger partial charge in [-0.3, -0.25) is 4.79 Å². The Labute approximate surface area is 73.5 Å². The van der Waals surface area contributed by atoms with Gasteiger partial charge in [-0.15, -0.1) is 0 Å². The van der Waals surface area contributed by atoms with E-state index in [0.717, 1.165) is 0 Å². The van der Waals surface area contributed by atoms with Crippen molar-refractivity contribution in [1.82, 2.24) is 5.32 Å². The van der Waals surface area contributed by atoms with E-state index in [4.69, 9.17) is 5.73 Å². The van der Waals surface area contributed by atoms with Gasteiger partial charge in [-0.25, -0.2) is 0 Å². The van der Waals surface area contributed by atoms with Gasteiger partial charge in [0.1, 0.15) is 5.70 Å². The van der Waals surface area contributed by atoms with Gasteiger partial charge in [-0.05, 0) is 22.6 Å². The quantitative estimate of drug-likeness (QED) is 0.427. The van der Waals surface area contributed by atoms with Crippen molar-refractivity contribution in [2.75, 3.05) is 7.05 Å². The van der Waals surface area contributed by atoms with Crippen molar-refractivity contribution >= 4 is 28.5 Å². The van der Waals surface area contributed by atoms with Crippen LogP contribution in [-0.4, -0.2) is 13.0 Å². The molecule has 0 saturated carbocycles. The van der Waals surface area contributed by atoms with Gasteiger partial charge in [-0.2, -0.15) is 0 Å². The third-order valence-corrected chi connectivity index (χ3v) is 1.93. The number of allylic oxidation sites excluding steroid dienone is 2. The molecule has 0 unspecified atom stereocenters. The fourth-order valence-electron chi connectivity index (χ4n) is 0.353. The summed E-state index contributed by atoms with van der Waals surface area (Å²) in [6, 6.07) is 0. The number of hydrogen-bond acceptors (Lipinski definition) is 2. The van der Waals surface area contributed by atoms with Gasteiger partial charge >= 0.3 is 0 Å². The van der Waals surface area contributed by atoms with Gasteiger partial charge in [0.2, 0.25) is 0 Å². The molecule has 1 amide bonds. The SMILES string of the molecule is C=C/C(I)=C(/N)C(=O)NC. The second-order valence-corrected chi connectivity index (χ2v) is 2.71. The fraction of sp³-hybridized carbons (Fsp3) is 0.167. The summed E-state index contributed by atoms with van der Waals surface area (Å²) >= 11 is 1.95. The van der Waals surface area contributed by atoms with Crippen molar-refractivity contribution < 1.29 is 4.79 Å². The number of hydrogen-bond donors (Lipinski definition) is 2. The van der Waals surface area contributed by atoms with E-state index < -0.39 is 0 Å². The lowest BCUT2D eigenvalue weighted by Gasteiger charge is -1.99. The first kappa shape index (κ1) is 9.48. The van der Waals surface area contributed by atoms with Crippen LogP contribution in [0.15, 0.2) is 21.9 Å². The molecule has 0 aliphatic rings. The van der Waals surface area contributed by atoms with Crippen LogP contribution >= 0.6 is 22.6 Å². The lowest BCUT2D eigenvalue weighted by molar-refractivity contribution is -0.117. The van der Waals surface area contributed by atoms with E-state index >= 15 is 0 Å². The van der Waals surface area contributed by atoms with E-state index in [1.54, 1.807) is 0 Å². The van der Waals surface area contributed by atoms with Gasteiger partial charge in [0.15, 0.2) is 0 Å². The van der Waals surface area contributed by atoms with Gasteiger partial charge in [0.25, 0.3) is 5.91 Å². The molecule has 0 saturated heterocycles. The predicted molar refractivity (Wildman–Crippen MR) is 49.5 cm³/mol. The Bertz CT molecular complexity index is 186. The summed E-state index contributed by atoms with van der Waals surface area (Å²) in [5.41, 5.74) is 5.58. The molecule has 0 aliphatic carbocycles. The lowest BCUT2D eigenvalue weighted by Crippen LogP contribution is -2.25. The molecule has 10 heavy (non-hydrogen) atoms. The van der Waals surface area contributed by atoms with Crippen LogP contribution in [0.25, 0.3) is 0 Å². The Morgan fingerprint density at radius 2 is 2.30 bits per heavy atom. The maximum atomic E-state index is 10.8. The topological polar surface area (TPSA) is 55.1 Å². The first-order valence-electron chi connectivity index (χ1n) is 2.63. The van der Waals surface area contributed by atoms with E-state index in [2.05, 4.69) is 11.9 Å². The predicted octanol–water partition coefficient (Wildman–Crippen LogP) is 0.524. The van der Waals surface area contributed by atoms with Crippen molar-refractivity contribution in [3.05, 3.63) is 21.9 Å². The minimum Gasteiger partial charge on any atom is -0.393 e. The highest BCUT2D eigenvalue weighted by Gasteiger charge is 2.03. The molecule has 56 valence electrons. The van der Waals surface area contributed by atoms with Gasteiger partial charge in [0.05, 0.1) is 0 Å². The molecule has 3 N–H and O–H groups in total. The van der Waals surface area contributed by atoms with Crippen molar-refractivity contribution in [3.63, 3.8) is 0 Å². The molecule has 0 aromatic heterocycles. The van der Waals surface area contributed by atoms with Gasteiger partial charge < -0.3 is 11.1 Å². The Morgan fingerprint density at radius 1 is 1.80 bits per heavy atom. The van der Waals surface area contributed by atoms with E-state index in [0.29, 0.717) is 3.58 Å². The Hall–Kier alpha value is -0.520. The Kier molecular flexibility index (Phi) is 4.10. The summed E-state index contributed by atoms with van der Waals surface area (Å²) in [7, 11) is 1.53. The zero-order chi connectivity index (χ0) is 8.15. The summed E-state index contributed by atoms with van der Waals surface area (Å²) in [6.07, 6.45) is 1.53. The fourth-order valence-corrected chi connectivity index (χ4v) is 0.598. The van der Waals surface area contributed by atoms with Crippen molar-refractivity contribution in [2.45, 2.75) is 0 Å². The van der Waals surface area contributed by atoms with Gasteiger partial charge in [0, 0.05) is 10.6 Å². The number of nitrogens with one attached hydrogen (secondary N) is 1. The van der Waals surface area contributed by atoms with Crippen LogP contribution in [0.2, 0.25) is 0 Å². The maximum Gasteiger partial charge on any atom is 0.267 e. The number of halogens is 1. The molecule has 0 radical (unpaired) electrons. The van der Waals surface area contributed by atoms with Crippen LogP contribution in [0.3, 0.4) is 0 Å². The third kappa shape index (κ3) is 2.38. The minimum atomic E-state index is -0.274. The average molecular weight is 252 g/mol. The largest absolute Gasteiger partial charge is 0.393 e. The molecule has 0 fully saturated rings. The third-order valence-electron chi connectivity index (χ3n) is 0.908. The summed E-state index contributed by atoms with van der Waals surface area (Å²) < 4.78 is 0.664. The summed E-state index contributed by atoms with van der Waals surface area (Å²) in [5.74, 6) is -0.274. The number of carbonyl (C=O) groups excluding carboxylic acids is 1. The highest BCUT2D eigenvalue weighted by molar-refractivity contribution is 14.1. The molecule has 0 aliphatic heterocycles. The normalized spacial score (nSPS) is 11.8. The van der Waals surface area contributed by atoms with Crippen LogP contribution in [0.4, 0.5) is 0 Å². The monoisotopic (exact) mass is 252 g/mol. The molecule has 0 rings (SSSR count). The molecule has 0 atom stereocenters. The van der Waals surface area contributed by atoms with Crippen LogP contribution in [0.5, 0.6) is 0 Å². The number of nitrogens with two attached hydrogens (primary N) is 1. The highest BCUT2D eigenvalue weighted by Crippen LogP contribution is 2.09. The molecular weight excluding hydrogens is 243 g/mol. The van der Waals surface area contributed by atoms with Crippen molar-refractivity contribution in [3.8, 4) is 0 Å². The van der Waals surface area contributed by atoms with Crippen LogP contribution in [0, 0.1) is 0 Å². The molecule has 3 nitrogen and oxygen atoms in total. The number of rotatable bonds is 2. The van der Waals surface area contributed by atoms with Crippen molar-refractivity contribution in [2.24, 2.45) is 5.73 Å². The summed E-state index contributed by atoms with van der Waals surface area (Å²) in [6.45, 7) is 3.47. The second-order valence-electron chi connectivity index (χ2n) is 1.54. The zero-order valence-corrected chi connectivity index (χ0v) is 7.81. The summed E-state index contributed by atoms with van der Waals surface area (Å²) in [5, 5.41) is 2.41. The molecule has 0 heterocycles. The first-order valence-corrected chi connectivity index (χ1v) is 3.71. The zero-order valence-electron chi connectivity index (χ0n) is 5.65. The average Bonchev–Trinajstić information content (AvgIpc) is 2.00. The first-order chi connectivity index (χ1) is 4.63. The smallest absolute Gasteiger partial charge is 0.267 e. The van der Waals surface area contributed by atoms with Gasteiger partial charge in [-0.1, -0.05) is 12.7 Å². The lowest BCUT2D eigenvalue weighted by atomic mass is 10.4. The minimum absolute atomic E-state index is 0.207. The van der Waals surface area contributed by atoms with Crippen LogP contribution in [-0.2, 0) is 4.79 Å². The maximum absolute atomic E-state index is 10.8. The van der Waals surface area contributed by atoms with E-state index in [1.807, 2.05) is 22.6 Å². The standard InChI is InChI=1S/C6H9IN2O/c1-3-4(7)5(8)6(10)9-2/h3H,1,8H2,2H3,(H,9,10)/b5-4-. The molecule has 0 bridgehead atoms. The Morgan fingerprint density at radius 3 is 2.60 bits per heavy atom. The number of amides is 1. The van der Waals surface area contributed by atoms with E-state index in [1.165, 1.54) is 13.1 Å². The van der Waals surface area contributed by atoms with Crippen LogP contribution in [0.1, 0.15) is 0 Å².